The molecule has 2 amide bonds. The largest absolute Gasteiger partial charge is 0.356 e. The Bertz CT molecular complexity index is 990. The number of rotatable bonds is 8. The number of carbonyl (C=O) groups excluding carboxylic acids is 2. The number of amides is 2. The first-order valence-electron chi connectivity index (χ1n) is 11.9. The van der Waals surface area contributed by atoms with Crippen LogP contribution in [0.3, 0.4) is 0 Å². The predicted octanol–water partition coefficient (Wildman–Crippen LogP) is 5.25. The molecule has 8 heteroatoms. The van der Waals surface area contributed by atoms with Crippen molar-refractivity contribution in [3.05, 3.63) is 52.9 Å². The third-order valence-electron chi connectivity index (χ3n) is 6.17. The smallest absolute Gasteiger partial charge is 0.245 e. The molecule has 2 N–H and O–H groups in total. The lowest BCUT2D eigenvalue weighted by molar-refractivity contribution is -0.200. The summed E-state index contributed by atoms with van der Waals surface area (Å²) in [5.74, 6) is 0.841. The van der Waals surface area contributed by atoms with Gasteiger partial charge in [0.1, 0.15) is 0 Å². The second-order valence-corrected chi connectivity index (χ2v) is 11.2. The fraction of sp³-hybridized carbons (Fsp3) is 0.462. The van der Waals surface area contributed by atoms with E-state index in [0.29, 0.717) is 13.0 Å². The van der Waals surface area contributed by atoms with Crippen molar-refractivity contribution in [3.8, 4) is 10.4 Å². The molecule has 2 fully saturated rings. The minimum atomic E-state index is -0.338. The molecular weight excluding hydrogens is 468 g/mol. The third-order valence-corrected chi connectivity index (χ3v) is 9.25. The summed E-state index contributed by atoms with van der Waals surface area (Å²) >= 11 is 3.65. The van der Waals surface area contributed by atoms with E-state index in [0.717, 1.165) is 49.0 Å². The second kappa shape index (κ2) is 12.0. The summed E-state index contributed by atoms with van der Waals surface area (Å²) in [5, 5.41) is 2.58. The number of hydrogen-bond donors (Lipinski definition) is 2. The van der Waals surface area contributed by atoms with Crippen molar-refractivity contribution in [2.75, 3.05) is 19.4 Å². The molecule has 0 spiro atoms. The highest BCUT2D eigenvalue weighted by atomic mass is 32.2. The number of carbonyl (C=O) groups is 2. The molecule has 0 saturated carbocycles. The van der Waals surface area contributed by atoms with Crippen LogP contribution in [0, 0.1) is 0 Å². The van der Waals surface area contributed by atoms with Crippen LogP contribution in [0.25, 0.3) is 16.5 Å². The molecule has 3 heterocycles. The summed E-state index contributed by atoms with van der Waals surface area (Å²) in [5.41, 5.74) is 4.76. The Kier molecular flexibility index (Phi) is 8.83. The number of thioether (sulfide) groups is 1. The van der Waals surface area contributed by atoms with E-state index in [9.17, 15) is 9.59 Å². The van der Waals surface area contributed by atoms with Crippen LogP contribution in [0.5, 0.6) is 0 Å². The summed E-state index contributed by atoms with van der Waals surface area (Å²) in [6.07, 6.45) is 9.59. The number of nitrogens with one attached hydrogen (secondary N) is 2. The minimum Gasteiger partial charge on any atom is -0.356 e. The zero-order chi connectivity index (χ0) is 23.8. The van der Waals surface area contributed by atoms with Crippen LogP contribution in [0.2, 0.25) is 0 Å². The molecule has 0 bridgehead atoms. The normalized spacial score (nSPS) is 23.0. The number of ether oxygens (including phenoxy) is 1. The number of hydroxylamine groups is 1. The molecule has 0 radical (unpaired) electrons. The topological polar surface area (TPSA) is 76.7 Å². The molecule has 2 atom stereocenters. The first kappa shape index (κ1) is 25.0. The summed E-state index contributed by atoms with van der Waals surface area (Å²) in [4.78, 5) is 32.2. The maximum absolute atomic E-state index is 12.8. The van der Waals surface area contributed by atoms with Crippen LogP contribution < -0.4 is 10.8 Å². The lowest BCUT2D eigenvalue weighted by Gasteiger charge is -2.35. The van der Waals surface area contributed by atoms with Gasteiger partial charge in [0, 0.05) is 42.3 Å². The van der Waals surface area contributed by atoms with Crippen molar-refractivity contribution >= 4 is 41.0 Å². The number of hydrogen-bond acceptors (Lipinski definition) is 6. The van der Waals surface area contributed by atoms with Crippen molar-refractivity contribution in [2.24, 2.45) is 0 Å². The lowest BCUT2D eigenvalue weighted by Crippen LogP contribution is -2.37. The zero-order valence-corrected chi connectivity index (χ0v) is 21.1. The molecular formula is C26H32N2O4S2. The molecule has 4 rings (SSSR count). The average molecular weight is 501 g/mol. The number of likely N-dealkylation sites (N-methyl/N-ethyl adjacent to an activating group) is 1. The second-order valence-electron chi connectivity index (χ2n) is 8.65. The average Bonchev–Trinajstić information content (AvgIpc) is 3.39. The van der Waals surface area contributed by atoms with Crippen molar-refractivity contribution in [2.45, 2.75) is 56.0 Å². The fourth-order valence-electron chi connectivity index (χ4n) is 4.26. The molecule has 2 aliphatic rings. The van der Waals surface area contributed by atoms with E-state index in [1.54, 1.807) is 24.5 Å². The molecule has 1 unspecified atom stereocenters. The molecule has 1 aromatic heterocycles. The Labute approximate surface area is 209 Å². The van der Waals surface area contributed by atoms with Crippen molar-refractivity contribution in [3.63, 3.8) is 0 Å². The van der Waals surface area contributed by atoms with E-state index in [-0.39, 0.29) is 22.9 Å². The van der Waals surface area contributed by atoms with E-state index < -0.39 is 0 Å². The van der Waals surface area contributed by atoms with Gasteiger partial charge in [-0.3, -0.25) is 9.59 Å². The first-order chi connectivity index (χ1) is 16.6. The van der Waals surface area contributed by atoms with Gasteiger partial charge < -0.3 is 10.1 Å². The van der Waals surface area contributed by atoms with E-state index in [1.165, 1.54) is 22.3 Å². The summed E-state index contributed by atoms with van der Waals surface area (Å²) in [6, 6.07) is 12.5. The van der Waals surface area contributed by atoms with Crippen molar-refractivity contribution < 1.29 is 19.2 Å². The molecule has 0 aliphatic carbocycles. The van der Waals surface area contributed by atoms with Crippen LogP contribution in [-0.4, -0.2) is 37.5 Å². The highest BCUT2D eigenvalue weighted by Crippen LogP contribution is 2.50. The van der Waals surface area contributed by atoms with Crippen LogP contribution >= 0.6 is 23.1 Å². The molecule has 1 aromatic carbocycles. The minimum absolute atomic E-state index is 0.0919. The van der Waals surface area contributed by atoms with Gasteiger partial charge in [0.05, 0.1) is 4.75 Å². The molecule has 182 valence electrons. The molecule has 34 heavy (non-hydrogen) atoms. The molecule has 2 aromatic rings. The SMILES string of the molecule is CNC(=O)C=Cc1ccc(-c2ccc([C@@]3(CC(=O)NOC4CCCCO4)CCCCS3)s2)cc1. The van der Waals surface area contributed by atoms with Crippen LogP contribution in [-0.2, 0) is 23.9 Å². The Morgan fingerprint density at radius 1 is 1.15 bits per heavy atom. The van der Waals surface area contributed by atoms with E-state index in [1.807, 2.05) is 23.9 Å². The van der Waals surface area contributed by atoms with Gasteiger partial charge >= 0.3 is 0 Å². The molecule has 2 saturated heterocycles. The van der Waals surface area contributed by atoms with Gasteiger partial charge in [-0.1, -0.05) is 30.7 Å². The van der Waals surface area contributed by atoms with E-state index >= 15 is 0 Å². The highest BCUT2D eigenvalue weighted by Gasteiger charge is 2.38. The summed E-state index contributed by atoms with van der Waals surface area (Å²) in [7, 11) is 1.61. The fourth-order valence-corrected chi connectivity index (χ4v) is 7.15. The van der Waals surface area contributed by atoms with Gasteiger partial charge in [0.15, 0.2) is 6.29 Å². The van der Waals surface area contributed by atoms with Crippen LogP contribution in [0.1, 0.15) is 55.4 Å². The highest BCUT2D eigenvalue weighted by molar-refractivity contribution is 8.00. The predicted molar refractivity (Wildman–Crippen MR) is 138 cm³/mol. The van der Waals surface area contributed by atoms with Crippen molar-refractivity contribution in [1.82, 2.24) is 10.8 Å². The lowest BCUT2D eigenvalue weighted by atomic mass is 9.94. The third kappa shape index (κ3) is 6.50. The summed E-state index contributed by atoms with van der Waals surface area (Å²) in [6.45, 7) is 0.684. The molecule has 6 nitrogen and oxygen atoms in total. The Hall–Kier alpha value is -2.13. The maximum atomic E-state index is 12.8. The Morgan fingerprint density at radius 3 is 2.71 bits per heavy atom. The van der Waals surface area contributed by atoms with E-state index in [2.05, 4.69) is 35.1 Å². The van der Waals surface area contributed by atoms with Gasteiger partial charge in [0.25, 0.3) is 0 Å². The molecule has 2 aliphatic heterocycles. The van der Waals surface area contributed by atoms with Gasteiger partial charge in [-0.05, 0) is 60.8 Å². The van der Waals surface area contributed by atoms with Crippen LogP contribution in [0.15, 0.2) is 42.5 Å². The Morgan fingerprint density at radius 2 is 2.00 bits per heavy atom. The van der Waals surface area contributed by atoms with Crippen LogP contribution in [0.4, 0.5) is 0 Å². The Balaban J connectivity index is 1.44. The summed E-state index contributed by atoms with van der Waals surface area (Å²) < 4.78 is 5.33. The van der Waals surface area contributed by atoms with Gasteiger partial charge in [-0.2, -0.15) is 0 Å². The monoisotopic (exact) mass is 500 g/mol. The van der Waals surface area contributed by atoms with Gasteiger partial charge in [-0.25, -0.2) is 10.3 Å². The maximum Gasteiger partial charge on any atom is 0.245 e. The van der Waals surface area contributed by atoms with Gasteiger partial charge in [0.2, 0.25) is 11.8 Å². The first-order valence-corrected chi connectivity index (χ1v) is 13.7. The van der Waals surface area contributed by atoms with Crippen molar-refractivity contribution in [1.29, 1.82) is 0 Å². The number of thiophene rings is 1. The van der Waals surface area contributed by atoms with Gasteiger partial charge in [-0.15, -0.1) is 23.1 Å². The quantitative estimate of drug-likeness (QED) is 0.382. The number of benzene rings is 1. The standard InChI is InChI=1S/C26H32N2O4S2/c1-27-23(29)14-9-19-7-10-20(11-8-19)21-12-13-22(34-21)26(15-3-5-17-33-26)18-24(30)28-32-25-6-2-4-16-31-25/h7-14,25H,2-6,15-18H2,1H3,(H,27,29)(H,28,30)/t25?,26-/m0/s1. The van der Waals surface area contributed by atoms with E-state index in [4.69, 9.17) is 9.57 Å². The zero-order valence-electron chi connectivity index (χ0n) is 19.5.